The standard InChI is InChI=1S/C21H19ClN6O2/c22-16-6-3-14(4-7-16)21-23-20(25-30-21)15-5-8-18-17(13-15)24-26-28(18)12-9-19(29)27-10-1-2-11-27/h3-8,13H,1-2,9-12H2. The first-order chi connectivity index (χ1) is 14.7. The molecule has 1 saturated heterocycles. The molecule has 1 fully saturated rings. The third-order valence-electron chi connectivity index (χ3n) is 5.29. The van der Waals surface area contributed by atoms with Gasteiger partial charge in [-0.15, -0.1) is 5.10 Å². The van der Waals surface area contributed by atoms with E-state index < -0.39 is 0 Å². The van der Waals surface area contributed by atoms with Gasteiger partial charge in [-0.25, -0.2) is 4.68 Å². The highest BCUT2D eigenvalue weighted by molar-refractivity contribution is 6.30. The van der Waals surface area contributed by atoms with Crippen LogP contribution in [0, 0.1) is 0 Å². The normalized spacial score (nSPS) is 14.0. The summed E-state index contributed by atoms with van der Waals surface area (Å²) in [5.41, 5.74) is 3.17. The van der Waals surface area contributed by atoms with Gasteiger partial charge < -0.3 is 9.42 Å². The molecular weight excluding hydrogens is 404 g/mol. The van der Waals surface area contributed by atoms with Gasteiger partial charge in [0.15, 0.2) is 0 Å². The van der Waals surface area contributed by atoms with E-state index in [1.165, 1.54) is 0 Å². The zero-order valence-corrected chi connectivity index (χ0v) is 16.9. The van der Waals surface area contributed by atoms with Crippen LogP contribution in [0.5, 0.6) is 0 Å². The van der Waals surface area contributed by atoms with Crippen LogP contribution >= 0.6 is 11.6 Å². The Bertz CT molecular complexity index is 1190. The molecule has 0 atom stereocenters. The maximum Gasteiger partial charge on any atom is 0.258 e. The van der Waals surface area contributed by atoms with E-state index in [0.29, 0.717) is 29.7 Å². The second-order valence-electron chi connectivity index (χ2n) is 7.28. The summed E-state index contributed by atoms with van der Waals surface area (Å²) < 4.78 is 7.15. The van der Waals surface area contributed by atoms with Gasteiger partial charge in [0.05, 0.1) is 12.1 Å². The number of aryl methyl sites for hydroxylation is 1. The quantitative estimate of drug-likeness (QED) is 0.485. The zero-order chi connectivity index (χ0) is 20.5. The lowest BCUT2D eigenvalue weighted by Crippen LogP contribution is -2.28. The zero-order valence-electron chi connectivity index (χ0n) is 16.2. The van der Waals surface area contributed by atoms with Crippen molar-refractivity contribution in [3.63, 3.8) is 0 Å². The van der Waals surface area contributed by atoms with Crippen LogP contribution in [-0.4, -0.2) is 49.0 Å². The smallest absolute Gasteiger partial charge is 0.258 e. The van der Waals surface area contributed by atoms with Crippen LogP contribution in [0.2, 0.25) is 5.02 Å². The molecule has 0 saturated carbocycles. The highest BCUT2D eigenvalue weighted by Gasteiger charge is 2.18. The minimum absolute atomic E-state index is 0.175. The predicted octanol–water partition coefficient (Wildman–Crippen LogP) is 3.81. The van der Waals surface area contributed by atoms with E-state index in [1.807, 2.05) is 35.2 Å². The Balaban J connectivity index is 1.33. The molecule has 1 aliphatic rings. The van der Waals surface area contributed by atoms with Gasteiger partial charge in [0.2, 0.25) is 11.7 Å². The van der Waals surface area contributed by atoms with E-state index in [1.54, 1.807) is 16.8 Å². The minimum atomic E-state index is 0.175. The average Bonchev–Trinajstić information content (AvgIpc) is 3.53. The third-order valence-corrected chi connectivity index (χ3v) is 5.54. The Kier molecular flexibility index (Phi) is 4.92. The monoisotopic (exact) mass is 422 g/mol. The SMILES string of the molecule is O=C(CCn1nnc2cc(-c3noc(-c4ccc(Cl)cc4)n3)ccc21)N1CCCC1. The molecule has 152 valence electrons. The lowest BCUT2D eigenvalue weighted by molar-refractivity contribution is -0.130. The molecule has 0 aliphatic carbocycles. The van der Waals surface area contributed by atoms with Crippen LogP contribution in [-0.2, 0) is 11.3 Å². The fraction of sp³-hybridized carbons (Fsp3) is 0.286. The van der Waals surface area contributed by atoms with Crippen molar-refractivity contribution in [2.45, 2.75) is 25.8 Å². The molecule has 0 bridgehead atoms. The van der Waals surface area contributed by atoms with Crippen LogP contribution in [0.1, 0.15) is 19.3 Å². The van der Waals surface area contributed by atoms with Gasteiger partial charge in [0.25, 0.3) is 5.89 Å². The van der Waals surface area contributed by atoms with Crippen molar-refractivity contribution in [1.82, 2.24) is 30.0 Å². The number of rotatable bonds is 5. The maximum absolute atomic E-state index is 12.3. The van der Waals surface area contributed by atoms with Crippen LogP contribution < -0.4 is 0 Å². The Morgan fingerprint density at radius 1 is 1.07 bits per heavy atom. The number of amides is 1. The van der Waals surface area contributed by atoms with Gasteiger partial charge in [-0.05, 0) is 55.3 Å². The van der Waals surface area contributed by atoms with Gasteiger partial charge >= 0.3 is 0 Å². The van der Waals surface area contributed by atoms with Gasteiger partial charge in [0.1, 0.15) is 5.52 Å². The largest absolute Gasteiger partial charge is 0.343 e. The fourth-order valence-electron chi connectivity index (χ4n) is 3.65. The molecule has 0 spiro atoms. The molecule has 3 heterocycles. The highest BCUT2D eigenvalue weighted by Crippen LogP contribution is 2.25. The summed E-state index contributed by atoms with van der Waals surface area (Å²) in [7, 11) is 0. The van der Waals surface area contributed by atoms with E-state index in [9.17, 15) is 4.79 Å². The molecule has 8 nitrogen and oxygen atoms in total. The number of nitrogens with zero attached hydrogens (tertiary/aromatic N) is 6. The first kappa shape index (κ1) is 18.7. The van der Waals surface area contributed by atoms with Crippen molar-refractivity contribution in [1.29, 1.82) is 0 Å². The number of aromatic nitrogens is 5. The molecule has 1 aliphatic heterocycles. The second-order valence-corrected chi connectivity index (χ2v) is 7.72. The molecule has 0 radical (unpaired) electrons. The number of carbonyl (C=O) groups is 1. The summed E-state index contributed by atoms with van der Waals surface area (Å²) in [4.78, 5) is 18.7. The Morgan fingerprint density at radius 2 is 1.83 bits per heavy atom. The Morgan fingerprint density at radius 3 is 2.63 bits per heavy atom. The van der Waals surface area contributed by atoms with Crippen molar-refractivity contribution in [2.24, 2.45) is 0 Å². The lowest BCUT2D eigenvalue weighted by Gasteiger charge is -2.14. The van der Waals surface area contributed by atoms with Gasteiger partial charge in [0, 0.05) is 35.7 Å². The maximum atomic E-state index is 12.3. The van der Waals surface area contributed by atoms with E-state index in [0.717, 1.165) is 48.1 Å². The molecule has 2 aromatic heterocycles. The first-order valence-corrected chi connectivity index (χ1v) is 10.3. The van der Waals surface area contributed by atoms with Gasteiger partial charge in [-0.1, -0.05) is 22.0 Å². The summed E-state index contributed by atoms with van der Waals surface area (Å²) in [5.74, 6) is 1.07. The molecule has 1 amide bonds. The van der Waals surface area contributed by atoms with E-state index >= 15 is 0 Å². The van der Waals surface area contributed by atoms with E-state index in [4.69, 9.17) is 16.1 Å². The van der Waals surface area contributed by atoms with Crippen molar-refractivity contribution in [3.8, 4) is 22.8 Å². The number of hydrogen-bond donors (Lipinski definition) is 0. The predicted molar refractivity (Wildman–Crippen MR) is 112 cm³/mol. The summed E-state index contributed by atoms with van der Waals surface area (Å²) in [6.07, 6.45) is 2.61. The van der Waals surface area contributed by atoms with Crippen molar-refractivity contribution >= 4 is 28.5 Å². The van der Waals surface area contributed by atoms with Crippen molar-refractivity contribution in [2.75, 3.05) is 13.1 Å². The number of fused-ring (bicyclic) bond motifs is 1. The molecular formula is C21H19ClN6O2. The van der Waals surface area contributed by atoms with Crippen LogP contribution in [0.25, 0.3) is 33.9 Å². The topological polar surface area (TPSA) is 89.9 Å². The van der Waals surface area contributed by atoms with Crippen LogP contribution in [0.4, 0.5) is 0 Å². The molecule has 5 rings (SSSR count). The van der Waals surface area contributed by atoms with Crippen molar-refractivity contribution in [3.05, 3.63) is 47.5 Å². The lowest BCUT2D eigenvalue weighted by atomic mass is 10.2. The molecule has 9 heteroatoms. The van der Waals surface area contributed by atoms with Gasteiger partial charge in [-0.3, -0.25) is 4.79 Å². The number of benzene rings is 2. The molecule has 0 N–H and O–H groups in total. The number of likely N-dealkylation sites (tertiary alicyclic amines) is 1. The van der Waals surface area contributed by atoms with E-state index in [2.05, 4.69) is 20.5 Å². The summed E-state index contributed by atoms with van der Waals surface area (Å²) >= 11 is 5.93. The minimum Gasteiger partial charge on any atom is -0.343 e. The molecule has 4 aromatic rings. The first-order valence-electron chi connectivity index (χ1n) is 9.88. The second kappa shape index (κ2) is 7.87. The van der Waals surface area contributed by atoms with Gasteiger partial charge in [-0.2, -0.15) is 4.98 Å². The molecule has 0 unspecified atom stereocenters. The number of carbonyl (C=O) groups excluding carboxylic acids is 1. The van der Waals surface area contributed by atoms with Crippen molar-refractivity contribution < 1.29 is 9.32 Å². The van der Waals surface area contributed by atoms with Crippen LogP contribution in [0.15, 0.2) is 47.0 Å². The summed E-state index contributed by atoms with van der Waals surface area (Å²) in [5, 5.41) is 13.2. The molecule has 30 heavy (non-hydrogen) atoms. The molecule has 2 aromatic carbocycles. The third kappa shape index (κ3) is 3.66. The Hall–Kier alpha value is -3.26. The summed E-state index contributed by atoms with van der Waals surface area (Å²) in [6.45, 7) is 2.24. The number of halogens is 1. The fourth-order valence-corrected chi connectivity index (χ4v) is 3.78. The van der Waals surface area contributed by atoms with E-state index in [-0.39, 0.29) is 5.91 Å². The Labute approximate surface area is 177 Å². The average molecular weight is 423 g/mol. The number of hydrogen-bond acceptors (Lipinski definition) is 6. The van der Waals surface area contributed by atoms with Crippen LogP contribution in [0.3, 0.4) is 0 Å². The summed E-state index contributed by atoms with van der Waals surface area (Å²) in [6, 6.07) is 12.9. The highest BCUT2D eigenvalue weighted by atomic mass is 35.5.